The summed E-state index contributed by atoms with van der Waals surface area (Å²) in [5.74, 6) is 0. The van der Waals surface area contributed by atoms with Gasteiger partial charge in [-0.1, -0.05) is 31.5 Å². The molecule has 3 nitrogen and oxygen atoms in total. The molecule has 1 atom stereocenters. The van der Waals surface area contributed by atoms with Crippen molar-refractivity contribution in [3.63, 3.8) is 0 Å². The fraction of sp³-hybridized carbons (Fsp3) is 0.647. The Morgan fingerprint density at radius 1 is 1.43 bits per heavy atom. The van der Waals surface area contributed by atoms with E-state index in [4.69, 9.17) is 11.6 Å². The lowest BCUT2D eigenvalue weighted by Gasteiger charge is -2.37. The van der Waals surface area contributed by atoms with Crippen molar-refractivity contribution in [3.8, 4) is 0 Å². The maximum absolute atomic E-state index is 6.51. The van der Waals surface area contributed by atoms with Crippen LogP contribution < -0.4 is 10.2 Å². The van der Waals surface area contributed by atoms with Crippen molar-refractivity contribution in [1.29, 1.82) is 0 Å². The Kier molecular flexibility index (Phi) is 5.91. The van der Waals surface area contributed by atoms with E-state index in [1.165, 1.54) is 24.9 Å². The highest BCUT2D eigenvalue weighted by molar-refractivity contribution is 6.33. The molecular formula is C17H28ClN3. The SMILES string of the molecule is CC(C)NCc1ccc(N(C)C2CCCN(C)C2)c(Cl)c1. The lowest BCUT2D eigenvalue weighted by molar-refractivity contribution is 0.248. The minimum atomic E-state index is 0.490. The van der Waals surface area contributed by atoms with Crippen molar-refractivity contribution in [3.05, 3.63) is 28.8 Å². The van der Waals surface area contributed by atoms with Gasteiger partial charge in [-0.3, -0.25) is 0 Å². The van der Waals surface area contributed by atoms with E-state index in [9.17, 15) is 0 Å². The molecule has 0 spiro atoms. The molecule has 2 rings (SSSR count). The number of nitrogens with zero attached hydrogens (tertiary/aromatic N) is 2. The average molecular weight is 310 g/mol. The normalized spacial score (nSPS) is 20.0. The number of nitrogens with one attached hydrogen (secondary N) is 1. The highest BCUT2D eigenvalue weighted by atomic mass is 35.5. The number of rotatable bonds is 5. The van der Waals surface area contributed by atoms with Crippen LogP contribution in [0.4, 0.5) is 5.69 Å². The van der Waals surface area contributed by atoms with Gasteiger partial charge < -0.3 is 15.1 Å². The Labute approximate surface area is 134 Å². The summed E-state index contributed by atoms with van der Waals surface area (Å²) in [6.45, 7) is 7.50. The first-order valence-corrected chi connectivity index (χ1v) is 8.28. The molecule has 1 N–H and O–H groups in total. The van der Waals surface area contributed by atoms with Crippen molar-refractivity contribution in [1.82, 2.24) is 10.2 Å². The second-order valence-electron chi connectivity index (χ2n) is 6.49. The number of likely N-dealkylation sites (tertiary alicyclic amines) is 1. The number of hydrogen-bond acceptors (Lipinski definition) is 3. The van der Waals surface area contributed by atoms with Gasteiger partial charge in [0.25, 0.3) is 0 Å². The van der Waals surface area contributed by atoms with Gasteiger partial charge in [0, 0.05) is 32.2 Å². The molecule has 0 radical (unpaired) electrons. The van der Waals surface area contributed by atoms with Crippen molar-refractivity contribution in [2.75, 3.05) is 32.1 Å². The van der Waals surface area contributed by atoms with Gasteiger partial charge >= 0.3 is 0 Å². The number of piperidine rings is 1. The Morgan fingerprint density at radius 3 is 2.81 bits per heavy atom. The van der Waals surface area contributed by atoms with Crippen LogP contribution >= 0.6 is 11.6 Å². The van der Waals surface area contributed by atoms with Crippen LogP contribution in [0.15, 0.2) is 18.2 Å². The van der Waals surface area contributed by atoms with E-state index >= 15 is 0 Å². The first-order chi connectivity index (χ1) is 9.97. The second kappa shape index (κ2) is 7.48. The second-order valence-corrected chi connectivity index (χ2v) is 6.90. The van der Waals surface area contributed by atoms with E-state index in [0.717, 1.165) is 23.8 Å². The summed E-state index contributed by atoms with van der Waals surface area (Å²) in [4.78, 5) is 4.75. The maximum Gasteiger partial charge on any atom is 0.0642 e. The van der Waals surface area contributed by atoms with Gasteiger partial charge in [0.1, 0.15) is 0 Å². The quantitative estimate of drug-likeness (QED) is 0.899. The lowest BCUT2D eigenvalue weighted by Crippen LogP contribution is -2.45. The monoisotopic (exact) mass is 309 g/mol. The zero-order valence-corrected chi connectivity index (χ0v) is 14.5. The Hall–Kier alpha value is -0.770. The van der Waals surface area contributed by atoms with E-state index in [0.29, 0.717) is 12.1 Å². The van der Waals surface area contributed by atoms with Crippen LogP contribution in [0.2, 0.25) is 5.02 Å². The smallest absolute Gasteiger partial charge is 0.0642 e. The Morgan fingerprint density at radius 2 is 2.19 bits per heavy atom. The third kappa shape index (κ3) is 4.60. The molecule has 0 aromatic heterocycles. The zero-order chi connectivity index (χ0) is 15.4. The highest BCUT2D eigenvalue weighted by Gasteiger charge is 2.22. The summed E-state index contributed by atoms with van der Waals surface area (Å²) in [6.07, 6.45) is 2.51. The largest absolute Gasteiger partial charge is 0.369 e. The summed E-state index contributed by atoms with van der Waals surface area (Å²) in [7, 11) is 4.36. The predicted octanol–water partition coefficient (Wildman–Crippen LogP) is 3.37. The molecule has 1 unspecified atom stereocenters. The van der Waals surface area contributed by atoms with Crippen LogP contribution in [0.5, 0.6) is 0 Å². The summed E-state index contributed by atoms with van der Waals surface area (Å²) >= 11 is 6.51. The van der Waals surface area contributed by atoms with Crippen molar-refractivity contribution in [2.24, 2.45) is 0 Å². The van der Waals surface area contributed by atoms with Gasteiger partial charge in [0.2, 0.25) is 0 Å². The van der Waals surface area contributed by atoms with Crippen LogP contribution in [0.25, 0.3) is 0 Å². The Balaban J connectivity index is 2.05. The molecule has 21 heavy (non-hydrogen) atoms. The summed E-state index contributed by atoms with van der Waals surface area (Å²) < 4.78 is 0. The van der Waals surface area contributed by atoms with Gasteiger partial charge in [-0.05, 0) is 44.1 Å². The van der Waals surface area contributed by atoms with E-state index in [-0.39, 0.29) is 0 Å². The average Bonchev–Trinajstić information content (AvgIpc) is 2.44. The predicted molar refractivity (Wildman–Crippen MR) is 92.3 cm³/mol. The molecule has 1 aromatic rings. The third-order valence-electron chi connectivity index (χ3n) is 4.25. The fourth-order valence-electron chi connectivity index (χ4n) is 2.92. The van der Waals surface area contributed by atoms with Crippen LogP contribution in [0, 0.1) is 0 Å². The molecule has 118 valence electrons. The summed E-state index contributed by atoms with van der Waals surface area (Å²) in [5.41, 5.74) is 2.39. The molecule has 1 aliphatic heterocycles. The molecule has 1 saturated heterocycles. The standard InChI is InChI=1S/C17H28ClN3/c1-13(2)19-11-14-7-8-17(16(18)10-14)21(4)15-6-5-9-20(3)12-15/h7-8,10,13,15,19H,5-6,9,11-12H2,1-4H3. The minimum absolute atomic E-state index is 0.490. The summed E-state index contributed by atoms with van der Waals surface area (Å²) in [6, 6.07) is 7.48. The number of anilines is 1. The first-order valence-electron chi connectivity index (χ1n) is 7.90. The maximum atomic E-state index is 6.51. The molecule has 1 aliphatic rings. The minimum Gasteiger partial charge on any atom is -0.369 e. The zero-order valence-electron chi connectivity index (χ0n) is 13.7. The molecule has 1 fully saturated rings. The first kappa shape index (κ1) is 16.6. The lowest BCUT2D eigenvalue weighted by atomic mass is 10.0. The number of benzene rings is 1. The van der Waals surface area contributed by atoms with Gasteiger partial charge in [0.15, 0.2) is 0 Å². The van der Waals surface area contributed by atoms with Crippen LogP contribution in [-0.4, -0.2) is 44.2 Å². The van der Waals surface area contributed by atoms with Crippen LogP contribution in [-0.2, 0) is 6.54 Å². The van der Waals surface area contributed by atoms with Crippen molar-refractivity contribution >= 4 is 17.3 Å². The van der Waals surface area contributed by atoms with Gasteiger partial charge in [-0.2, -0.15) is 0 Å². The van der Waals surface area contributed by atoms with E-state index in [1.54, 1.807) is 0 Å². The number of likely N-dealkylation sites (N-methyl/N-ethyl adjacent to an activating group) is 2. The molecule has 0 bridgehead atoms. The molecule has 4 heteroatoms. The molecule has 1 heterocycles. The topological polar surface area (TPSA) is 18.5 Å². The molecule has 0 saturated carbocycles. The number of hydrogen-bond donors (Lipinski definition) is 1. The van der Waals surface area contributed by atoms with E-state index in [2.05, 4.69) is 61.3 Å². The van der Waals surface area contributed by atoms with Crippen molar-refractivity contribution in [2.45, 2.75) is 45.3 Å². The van der Waals surface area contributed by atoms with E-state index in [1.807, 2.05) is 0 Å². The Bertz CT molecular complexity index is 461. The van der Waals surface area contributed by atoms with Gasteiger partial charge in [-0.15, -0.1) is 0 Å². The fourth-order valence-corrected chi connectivity index (χ4v) is 3.26. The van der Waals surface area contributed by atoms with Gasteiger partial charge in [-0.25, -0.2) is 0 Å². The molecule has 0 amide bonds. The van der Waals surface area contributed by atoms with Crippen molar-refractivity contribution < 1.29 is 0 Å². The third-order valence-corrected chi connectivity index (χ3v) is 4.56. The van der Waals surface area contributed by atoms with Crippen LogP contribution in [0.1, 0.15) is 32.3 Å². The molecular weight excluding hydrogens is 282 g/mol. The molecule has 1 aromatic carbocycles. The van der Waals surface area contributed by atoms with E-state index < -0.39 is 0 Å². The van der Waals surface area contributed by atoms with Gasteiger partial charge in [0.05, 0.1) is 10.7 Å². The molecule has 0 aliphatic carbocycles. The summed E-state index contributed by atoms with van der Waals surface area (Å²) in [5, 5.41) is 4.28. The number of halogens is 1. The van der Waals surface area contributed by atoms with Crippen LogP contribution in [0.3, 0.4) is 0 Å². The highest BCUT2D eigenvalue weighted by Crippen LogP contribution is 2.29.